The van der Waals surface area contributed by atoms with Gasteiger partial charge in [-0.1, -0.05) is 0 Å². The molecule has 2 rings (SSSR count). The molecule has 0 saturated heterocycles. The molecule has 60 valence electrons. The summed E-state index contributed by atoms with van der Waals surface area (Å²) in [5, 5.41) is 4.12. The van der Waals surface area contributed by atoms with Gasteiger partial charge in [-0.25, -0.2) is 0 Å². The molecule has 2 N–H and O–H groups in total. The summed E-state index contributed by atoms with van der Waals surface area (Å²) >= 11 is 0. The van der Waals surface area contributed by atoms with Crippen LogP contribution in [0.5, 0.6) is 0 Å². The Labute approximate surface area is 66.2 Å². The molecule has 0 spiro atoms. The second-order valence-corrected chi connectivity index (χ2v) is 3.29. The molecule has 0 aromatic carbocycles. The summed E-state index contributed by atoms with van der Waals surface area (Å²) in [6.07, 6.45) is 5.28. The molecule has 0 amide bonds. The molecule has 1 aliphatic rings. The second-order valence-electron chi connectivity index (χ2n) is 3.29. The minimum atomic E-state index is 0.702. The number of aryl methyl sites for hydroxylation is 1. The minimum absolute atomic E-state index is 0.702. The minimum Gasteiger partial charge on any atom is -0.330 e. The van der Waals surface area contributed by atoms with E-state index in [0.29, 0.717) is 5.92 Å². The van der Waals surface area contributed by atoms with Crippen LogP contribution in [0.4, 0.5) is 0 Å². The number of aromatic nitrogens is 2. The van der Waals surface area contributed by atoms with Crippen LogP contribution in [0.15, 0.2) is 12.4 Å². The molecule has 1 fully saturated rings. The van der Waals surface area contributed by atoms with Gasteiger partial charge in [-0.2, -0.15) is 5.10 Å². The van der Waals surface area contributed by atoms with E-state index < -0.39 is 0 Å². The molecule has 3 heteroatoms. The van der Waals surface area contributed by atoms with Gasteiger partial charge in [0.05, 0.1) is 6.20 Å². The van der Waals surface area contributed by atoms with Crippen molar-refractivity contribution in [3.63, 3.8) is 0 Å². The third-order valence-electron chi connectivity index (χ3n) is 2.38. The average molecular weight is 151 g/mol. The maximum absolute atomic E-state index is 5.54. The van der Waals surface area contributed by atoms with Gasteiger partial charge in [0, 0.05) is 13.2 Å². The van der Waals surface area contributed by atoms with Gasteiger partial charge in [0.2, 0.25) is 0 Å². The van der Waals surface area contributed by atoms with Gasteiger partial charge in [-0.3, -0.25) is 4.68 Å². The van der Waals surface area contributed by atoms with Crippen molar-refractivity contribution in [3.05, 3.63) is 18.0 Å². The summed E-state index contributed by atoms with van der Waals surface area (Å²) in [4.78, 5) is 0. The third-order valence-corrected chi connectivity index (χ3v) is 2.38. The van der Waals surface area contributed by atoms with Gasteiger partial charge in [-0.05, 0) is 30.4 Å². The Morgan fingerprint density at radius 1 is 1.82 bits per heavy atom. The molecule has 3 nitrogen and oxygen atoms in total. The van der Waals surface area contributed by atoms with E-state index in [1.165, 1.54) is 12.0 Å². The molecule has 1 saturated carbocycles. The smallest absolute Gasteiger partial charge is 0.0524 e. The lowest BCUT2D eigenvalue weighted by Gasteiger charge is -1.90. The summed E-state index contributed by atoms with van der Waals surface area (Å²) in [7, 11) is 1.95. The Balaban J connectivity index is 2.08. The zero-order valence-electron chi connectivity index (χ0n) is 6.70. The van der Waals surface area contributed by atoms with Crippen LogP contribution < -0.4 is 5.73 Å². The fourth-order valence-corrected chi connectivity index (χ4v) is 1.55. The first-order chi connectivity index (χ1) is 5.31. The van der Waals surface area contributed by atoms with Crippen LogP contribution in [0.2, 0.25) is 0 Å². The highest BCUT2D eigenvalue weighted by atomic mass is 15.2. The van der Waals surface area contributed by atoms with E-state index in [-0.39, 0.29) is 0 Å². The van der Waals surface area contributed by atoms with E-state index >= 15 is 0 Å². The van der Waals surface area contributed by atoms with E-state index in [9.17, 15) is 0 Å². The van der Waals surface area contributed by atoms with Crippen LogP contribution in [-0.2, 0) is 7.05 Å². The number of hydrogen-bond donors (Lipinski definition) is 1. The predicted molar refractivity (Wildman–Crippen MR) is 43.1 cm³/mol. The standard InChI is InChI=1S/C8H13N3/c1-11-5-7(4-10-11)8-2-6(8)3-9/h4-6,8H,2-3,9H2,1H3. The lowest BCUT2D eigenvalue weighted by Crippen LogP contribution is -2.01. The lowest BCUT2D eigenvalue weighted by atomic mass is 10.2. The summed E-state index contributed by atoms with van der Waals surface area (Å²) in [6, 6.07) is 0. The predicted octanol–water partition coefficient (Wildman–Crippen LogP) is 0.482. The van der Waals surface area contributed by atoms with Gasteiger partial charge in [-0.15, -0.1) is 0 Å². The van der Waals surface area contributed by atoms with Gasteiger partial charge in [0.25, 0.3) is 0 Å². The molecule has 1 aromatic heterocycles. The molecule has 11 heavy (non-hydrogen) atoms. The van der Waals surface area contributed by atoms with Crippen molar-refractivity contribution in [1.82, 2.24) is 9.78 Å². The molecular formula is C8H13N3. The Bertz CT molecular complexity index is 254. The van der Waals surface area contributed by atoms with Crippen LogP contribution >= 0.6 is 0 Å². The molecule has 1 heterocycles. The molecule has 0 bridgehead atoms. The molecule has 1 aliphatic carbocycles. The molecular weight excluding hydrogens is 138 g/mol. The summed E-state index contributed by atoms with van der Waals surface area (Å²) in [6.45, 7) is 0.819. The van der Waals surface area contributed by atoms with E-state index in [0.717, 1.165) is 12.5 Å². The molecule has 1 aromatic rings. The molecule has 0 aliphatic heterocycles. The maximum atomic E-state index is 5.54. The second kappa shape index (κ2) is 2.34. The fourth-order valence-electron chi connectivity index (χ4n) is 1.55. The third kappa shape index (κ3) is 1.16. The Morgan fingerprint density at radius 2 is 2.64 bits per heavy atom. The molecule has 2 unspecified atom stereocenters. The zero-order chi connectivity index (χ0) is 7.84. The molecule has 0 radical (unpaired) electrons. The lowest BCUT2D eigenvalue weighted by molar-refractivity contribution is 0.765. The average Bonchev–Trinajstić information content (AvgIpc) is 2.68. The fraction of sp³-hybridized carbons (Fsp3) is 0.625. The van der Waals surface area contributed by atoms with Crippen molar-refractivity contribution in [2.24, 2.45) is 18.7 Å². The normalized spacial score (nSPS) is 28.9. The van der Waals surface area contributed by atoms with Crippen LogP contribution in [0.25, 0.3) is 0 Å². The van der Waals surface area contributed by atoms with Crippen LogP contribution in [0, 0.1) is 5.92 Å². The van der Waals surface area contributed by atoms with Crippen molar-refractivity contribution in [2.75, 3.05) is 6.54 Å². The van der Waals surface area contributed by atoms with Crippen molar-refractivity contribution < 1.29 is 0 Å². The van der Waals surface area contributed by atoms with Crippen molar-refractivity contribution in [2.45, 2.75) is 12.3 Å². The topological polar surface area (TPSA) is 43.8 Å². The first kappa shape index (κ1) is 6.85. The van der Waals surface area contributed by atoms with Crippen molar-refractivity contribution in [1.29, 1.82) is 0 Å². The van der Waals surface area contributed by atoms with Crippen molar-refractivity contribution in [3.8, 4) is 0 Å². The SMILES string of the molecule is Cn1cc(C2CC2CN)cn1. The highest BCUT2D eigenvalue weighted by Crippen LogP contribution is 2.46. The first-order valence-corrected chi connectivity index (χ1v) is 4.00. The number of nitrogens with zero attached hydrogens (tertiary/aromatic N) is 2. The number of rotatable bonds is 2. The van der Waals surface area contributed by atoms with Gasteiger partial charge in [0.15, 0.2) is 0 Å². The van der Waals surface area contributed by atoms with Gasteiger partial charge >= 0.3 is 0 Å². The van der Waals surface area contributed by atoms with Gasteiger partial charge < -0.3 is 5.73 Å². The Hall–Kier alpha value is -0.830. The molecule has 2 atom stereocenters. The quantitative estimate of drug-likeness (QED) is 0.668. The van der Waals surface area contributed by atoms with E-state index in [4.69, 9.17) is 5.73 Å². The van der Waals surface area contributed by atoms with Crippen LogP contribution in [0.1, 0.15) is 17.9 Å². The Morgan fingerprint density at radius 3 is 3.09 bits per heavy atom. The van der Waals surface area contributed by atoms with Gasteiger partial charge in [0.1, 0.15) is 0 Å². The van der Waals surface area contributed by atoms with Crippen molar-refractivity contribution >= 4 is 0 Å². The number of nitrogens with two attached hydrogens (primary N) is 1. The summed E-state index contributed by atoms with van der Waals surface area (Å²) < 4.78 is 1.85. The zero-order valence-corrected chi connectivity index (χ0v) is 6.70. The van der Waals surface area contributed by atoms with Crippen LogP contribution in [-0.4, -0.2) is 16.3 Å². The Kier molecular flexibility index (Phi) is 1.46. The van der Waals surface area contributed by atoms with E-state index in [1.807, 2.05) is 17.9 Å². The maximum Gasteiger partial charge on any atom is 0.0524 e. The van der Waals surface area contributed by atoms with E-state index in [1.54, 1.807) is 0 Å². The van der Waals surface area contributed by atoms with E-state index in [2.05, 4.69) is 11.3 Å². The summed E-state index contributed by atoms with van der Waals surface area (Å²) in [5.74, 6) is 1.42. The highest BCUT2D eigenvalue weighted by Gasteiger charge is 2.37. The monoisotopic (exact) mass is 151 g/mol. The first-order valence-electron chi connectivity index (χ1n) is 4.00. The van der Waals surface area contributed by atoms with Crippen LogP contribution in [0.3, 0.4) is 0 Å². The number of hydrogen-bond acceptors (Lipinski definition) is 2. The largest absolute Gasteiger partial charge is 0.330 e. The highest BCUT2D eigenvalue weighted by molar-refractivity contribution is 5.20. The summed E-state index contributed by atoms with van der Waals surface area (Å²) in [5.41, 5.74) is 6.89.